The van der Waals surface area contributed by atoms with Crippen molar-refractivity contribution in [3.63, 3.8) is 0 Å². The Balaban J connectivity index is 1.57. The van der Waals surface area contributed by atoms with Gasteiger partial charge in [-0.05, 0) is 49.4 Å². The Morgan fingerprint density at radius 1 is 1.19 bits per heavy atom. The molecule has 3 heteroatoms. The Hall–Kier alpha value is 0.210. The molecule has 2 unspecified atom stereocenters. The first-order chi connectivity index (χ1) is 7.79. The van der Waals surface area contributed by atoms with Gasteiger partial charge >= 0.3 is 0 Å². The molecule has 2 nitrogen and oxygen atoms in total. The number of fused-ring (bicyclic) bond motifs is 1. The van der Waals surface area contributed by atoms with Gasteiger partial charge in [0.2, 0.25) is 0 Å². The van der Waals surface area contributed by atoms with Crippen LogP contribution in [0, 0.1) is 17.3 Å². The normalized spacial score (nSPS) is 36.4. The van der Waals surface area contributed by atoms with Gasteiger partial charge in [-0.1, -0.05) is 0 Å². The van der Waals surface area contributed by atoms with Crippen molar-refractivity contribution in [3.05, 3.63) is 0 Å². The zero-order valence-corrected chi connectivity index (χ0v) is 11.0. The van der Waals surface area contributed by atoms with Crippen LogP contribution in [-0.4, -0.2) is 32.8 Å². The van der Waals surface area contributed by atoms with Crippen molar-refractivity contribution >= 4 is 11.6 Å². The van der Waals surface area contributed by atoms with Crippen LogP contribution in [0.5, 0.6) is 0 Å². The summed E-state index contributed by atoms with van der Waals surface area (Å²) < 4.78 is 10.6. The van der Waals surface area contributed by atoms with Crippen LogP contribution in [0.4, 0.5) is 0 Å². The predicted octanol–water partition coefficient (Wildman–Crippen LogP) is 3.08. The standard InChI is InChI=1S/C13H23ClO2/c1-15-4-2-5-16-6-3-13(10-14)8-11-7-12(11)9-13/h11-12H,2-10H2,1H3. The lowest BCUT2D eigenvalue weighted by Gasteiger charge is -2.28. The number of alkyl halides is 1. The van der Waals surface area contributed by atoms with Gasteiger partial charge in [0.05, 0.1) is 0 Å². The van der Waals surface area contributed by atoms with Gasteiger partial charge in [-0.3, -0.25) is 0 Å². The SMILES string of the molecule is COCCCOCCC1(CCl)CC2CC2C1. The first kappa shape index (κ1) is 12.7. The summed E-state index contributed by atoms with van der Waals surface area (Å²) in [5.74, 6) is 2.83. The van der Waals surface area contributed by atoms with E-state index in [9.17, 15) is 0 Å². The maximum Gasteiger partial charge on any atom is 0.0487 e. The maximum absolute atomic E-state index is 6.14. The number of hydrogen-bond acceptors (Lipinski definition) is 2. The van der Waals surface area contributed by atoms with E-state index in [1.807, 2.05) is 0 Å². The van der Waals surface area contributed by atoms with Gasteiger partial charge in [0, 0.05) is 32.8 Å². The van der Waals surface area contributed by atoms with Crippen molar-refractivity contribution in [2.75, 3.05) is 32.8 Å². The molecule has 0 bridgehead atoms. The smallest absolute Gasteiger partial charge is 0.0487 e. The summed E-state index contributed by atoms with van der Waals surface area (Å²) in [7, 11) is 1.73. The van der Waals surface area contributed by atoms with E-state index >= 15 is 0 Å². The van der Waals surface area contributed by atoms with Crippen LogP contribution in [0.2, 0.25) is 0 Å². The fraction of sp³-hybridized carbons (Fsp3) is 1.00. The largest absolute Gasteiger partial charge is 0.385 e. The van der Waals surface area contributed by atoms with E-state index in [1.54, 1.807) is 7.11 Å². The summed E-state index contributed by atoms with van der Waals surface area (Å²) in [4.78, 5) is 0. The molecule has 2 atom stereocenters. The van der Waals surface area contributed by atoms with Crippen LogP contribution in [0.25, 0.3) is 0 Å². The number of ether oxygens (including phenoxy) is 2. The van der Waals surface area contributed by atoms with Gasteiger partial charge in [-0.2, -0.15) is 0 Å². The van der Waals surface area contributed by atoms with E-state index < -0.39 is 0 Å². The molecular weight excluding hydrogens is 224 g/mol. The molecule has 2 saturated carbocycles. The molecule has 0 spiro atoms. The van der Waals surface area contributed by atoms with Crippen LogP contribution in [0.3, 0.4) is 0 Å². The molecule has 0 amide bonds. The zero-order chi connectivity index (χ0) is 11.4. The third-order valence-corrected chi connectivity index (χ3v) is 4.72. The van der Waals surface area contributed by atoms with E-state index in [0.29, 0.717) is 5.41 Å². The lowest BCUT2D eigenvalue weighted by Crippen LogP contribution is -2.23. The van der Waals surface area contributed by atoms with Crippen molar-refractivity contribution < 1.29 is 9.47 Å². The topological polar surface area (TPSA) is 18.5 Å². The van der Waals surface area contributed by atoms with Crippen molar-refractivity contribution in [2.45, 2.75) is 32.1 Å². The van der Waals surface area contributed by atoms with Crippen LogP contribution in [-0.2, 0) is 9.47 Å². The first-order valence-electron chi connectivity index (χ1n) is 6.42. The molecule has 0 aromatic carbocycles. The third-order valence-electron chi connectivity index (χ3n) is 4.16. The predicted molar refractivity (Wildman–Crippen MR) is 65.9 cm³/mol. The third kappa shape index (κ3) is 3.12. The zero-order valence-electron chi connectivity index (χ0n) is 10.2. The van der Waals surface area contributed by atoms with Gasteiger partial charge in [-0.15, -0.1) is 11.6 Å². The van der Waals surface area contributed by atoms with Gasteiger partial charge in [0.1, 0.15) is 0 Å². The Morgan fingerprint density at radius 3 is 2.56 bits per heavy atom. The number of methoxy groups -OCH3 is 1. The Kier molecular flexibility index (Phi) is 4.51. The monoisotopic (exact) mass is 246 g/mol. The number of halogens is 1. The summed E-state index contributed by atoms with van der Waals surface area (Å²) in [5, 5.41) is 0. The average Bonchev–Trinajstić information content (AvgIpc) is 2.92. The maximum atomic E-state index is 6.14. The lowest BCUT2D eigenvalue weighted by atomic mass is 9.82. The summed E-state index contributed by atoms with van der Waals surface area (Å²) in [6, 6.07) is 0. The highest BCUT2D eigenvalue weighted by Gasteiger charge is 2.52. The molecule has 0 radical (unpaired) electrons. The van der Waals surface area contributed by atoms with E-state index in [4.69, 9.17) is 21.1 Å². The molecule has 94 valence electrons. The van der Waals surface area contributed by atoms with Crippen molar-refractivity contribution in [3.8, 4) is 0 Å². The van der Waals surface area contributed by atoms with E-state index in [2.05, 4.69) is 0 Å². The molecule has 0 heterocycles. The molecule has 16 heavy (non-hydrogen) atoms. The fourth-order valence-corrected chi connectivity index (χ4v) is 3.43. The summed E-state index contributed by atoms with van der Waals surface area (Å²) in [6.07, 6.45) is 6.31. The van der Waals surface area contributed by atoms with E-state index in [1.165, 1.54) is 19.3 Å². The van der Waals surface area contributed by atoms with E-state index in [0.717, 1.165) is 50.4 Å². The second-order valence-electron chi connectivity index (χ2n) is 5.51. The molecule has 0 N–H and O–H groups in total. The van der Waals surface area contributed by atoms with Crippen molar-refractivity contribution in [2.24, 2.45) is 17.3 Å². The molecular formula is C13H23ClO2. The number of rotatable bonds is 8. The van der Waals surface area contributed by atoms with Crippen molar-refractivity contribution in [1.82, 2.24) is 0 Å². The Labute approximate surface area is 104 Å². The van der Waals surface area contributed by atoms with Gasteiger partial charge in [0.25, 0.3) is 0 Å². The molecule has 2 aliphatic carbocycles. The van der Waals surface area contributed by atoms with Gasteiger partial charge in [0.15, 0.2) is 0 Å². The highest BCUT2D eigenvalue weighted by molar-refractivity contribution is 6.18. The molecule has 0 aromatic heterocycles. The molecule has 2 aliphatic rings. The number of hydrogen-bond donors (Lipinski definition) is 0. The van der Waals surface area contributed by atoms with Crippen LogP contribution in [0.1, 0.15) is 32.1 Å². The van der Waals surface area contributed by atoms with E-state index in [-0.39, 0.29) is 0 Å². The Bertz CT molecular complexity index is 210. The minimum Gasteiger partial charge on any atom is -0.385 e. The second kappa shape index (κ2) is 5.70. The average molecular weight is 247 g/mol. The lowest BCUT2D eigenvalue weighted by molar-refractivity contribution is 0.0788. The highest BCUT2D eigenvalue weighted by Crippen LogP contribution is 2.61. The molecule has 0 aliphatic heterocycles. The van der Waals surface area contributed by atoms with Crippen LogP contribution >= 0.6 is 11.6 Å². The summed E-state index contributed by atoms with van der Waals surface area (Å²) in [5.41, 5.74) is 0.413. The van der Waals surface area contributed by atoms with Gasteiger partial charge in [-0.25, -0.2) is 0 Å². The Morgan fingerprint density at radius 2 is 1.94 bits per heavy atom. The second-order valence-corrected chi connectivity index (χ2v) is 5.77. The van der Waals surface area contributed by atoms with Crippen LogP contribution in [0.15, 0.2) is 0 Å². The van der Waals surface area contributed by atoms with Gasteiger partial charge < -0.3 is 9.47 Å². The minimum atomic E-state index is 0.413. The molecule has 2 fully saturated rings. The summed E-state index contributed by atoms with van der Waals surface area (Å²) in [6.45, 7) is 2.49. The fourth-order valence-electron chi connectivity index (χ4n) is 3.08. The molecule has 0 aromatic rings. The molecule has 2 rings (SSSR count). The summed E-state index contributed by atoms with van der Waals surface area (Å²) >= 11 is 6.14. The minimum absolute atomic E-state index is 0.413. The van der Waals surface area contributed by atoms with Crippen LogP contribution < -0.4 is 0 Å². The van der Waals surface area contributed by atoms with Crippen molar-refractivity contribution in [1.29, 1.82) is 0 Å². The molecule has 0 saturated heterocycles. The highest BCUT2D eigenvalue weighted by atomic mass is 35.5. The first-order valence-corrected chi connectivity index (χ1v) is 6.96. The quantitative estimate of drug-likeness (QED) is 0.484.